The van der Waals surface area contributed by atoms with Gasteiger partial charge in [-0.2, -0.15) is 0 Å². The Bertz CT molecular complexity index is 1570. The molecule has 0 saturated heterocycles. The number of amides is 3. The molecule has 1 aliphatic heterocycles. The van der Waals surface area contributed by atoms with Gasteiger partial charge in [0.05, 0.1) is 30.7 Å². The van der Waals surface area contributed by atoms with Crippen LogP contribution in [0.1, 0.15) is 49.4 Å². The monoisotopic (exact) mass is 582 g/mol. The Labute approximate surface area is 237 Å². The highest BCUT2D eigenvalue weighted by Gasteiger charge is 2.39. The minimum absolute atomic E-state index is 0.147. The molecule has 1 aliphatic rings. The van der Waals surface area contributed by atoms with Crippen LogP contribution in [-0.2, 0) is 19.1 Å². The molecule has 40 heavy (non-hydrogen) atoms. The maximum atomic E-state index is 13.2. The van der Waals surface area contributed by atoms with Crippen LogP contribution in [0.15, 0.2) is 59.3 Å². The molecule has 0 unspecified atom stereocenters. The van der Waals surface area contributed by atoms with Crippen LogP contribution in [-0.4, -0.2) is 48.4 Å². The molecule has 2 aromatic carbocycles. The molecule has 0 bridgehead atoms. The van der Waals surface area contributed by atoms with Crippen molar-refractivity contribution < 1.29 is 33.4 Å². The SMILES string of the molecule is CCCOC(=O)c1cccc(N2C(=O)C(Cl)=C(Nc3cccc(C(=O)Nc4nc(C)c(C(=O)OC)s4)c3)C2=O)c1. The topological polar surface area (TPSA) is 144 Å². The van der Waals surface area contributed by atoms with Gasteiger partial charge in [0.25, 0.3) is 17.7 Å². The minimum Gasteiger partial charge on any atom is -0.465 e. The molecule has 1 aromatic heterocycles. The van der Waals surface area contributed by atoms with Gasteiger partial charge in [-0.05, 0) is 49.7 Å². The first-order valence-electron chi connectivity index (χ1n) is 11.9. The number of imide groups is 1. The number of benzene rings is 2. The number of ether oxygens (including phenoxy) is 2. The maximum Gasteiger partial charge on any atom is 0.350 e. The summed E-state index contributed by atoms with van der Waals surface area (Å²) in [5, 5.41) is 5.30. The molecular weight excluding hydrogens is 560 g/mol. The Morgan fingerprint density at radius 3 is 2.48 bits per heavy atom. The second-order valence-corrected chi connectivity index (χ2v) is 9.78. The lowest BCUT2D eigenvalue weighted by molar-refractivity contribution is -0.120. The molecule has 4 rings (SSSR count). The third-order valence-electron chi connectivity index (χ3n) is 5.59. The first-order chi connectivity index (χ1) is 19.1. The number of anilines is 3. The number of thiazole rings is 1. The summed E-state index contributed by atoms with van der Waals surface area (Å²) < 4.78 is 9.84. The number of rotatable bonds is 9. The number of aryl methyl sites for hydroxylation is 1. The van der Waals surface area contributed by atoms with Gasteiger partial charge < -0.3 is 14.8 Å². The summed E-state index contributed by atoms with van der Waals surface area (Å²) in [5.41, 5.74) is 1.07. The number of carbonyl (C=O) groups is 5. The van der Waals surface area contributed by atoms with Crippen molar-refractivity contribution in [2.24, 2.45) is 0 Å². The standard InChI is InChI=1S/C27H23ClN4O7S/c1-4-11-39-25(36)16-8-6-10-18(13-16)32-23(34)19(28)20(24(32)35)30-17-9-5-7-15(12-17)22(33)31-27-29-14(2)21(40-27)26(37)38-3/h5-10,12-13,30H,4,11H2,1-3H3,(H,29,31,33). The number of nitrogens with zero attached hydrogens (tertiary/aromatic N) is 2. The average Bonchev–Trinajstić information content (AvgIpc) is 3.42. The summed E-state index contributed by atoms with van der Waals surface area (Å²) in [7, 11) is 1.25. The molecule has 3 aromatic rings. The molecule has 0 aliphatic carbocycles. The third-order valence-corrected chi connectivity index (χ3v) is 6.99. The maximum absolute atomic E-state index is 13.2. The van der Waals surface area contributed by atoms with Crippen molar-refractivity contribution in [2.75, 3.05) is 29.3 Å². The summed E-state index contributed by atoms with van der Waals surface area (Å²) in [6.45, 7) is 3.72. The zero-order valence-corrected chi connectivity index (χ0v) is 23.1. The third kappa shape index (κ3) is 5.87. The number of halogens is 1. The summed E-state index contributed by atoms with van der Waals surface area (Å²) >= 11 is 7.22. The van der Waals surface area contributed by atoms with E-state index in [0.29, 0.717) is 17.8 Å². The number of nitrogens with one attached hydrogen (secondary N) is 2. The fourth-order valence-electron chi connectivity index (χ4n) is 3.68. The Kier molecular flexibility index (Phi) is 8.61. The molecule has 3 amide bonds. The molecule has 13 heteroatoms. The second kappa shape index (κ2) is 12.1. The summed E-state index contributed by atoms with van der Waals surface area (Å²) in [6.07, 6.45) is 0.646. The predicted octanol–water partition coefficient (Wildman–Crippen LogP) is 4.49. The molecule has 2 N–H and O–H groups in total. The molecule has 2 heterocycles. The molecule has 0 saturated carbocycles. The van der Waals surface area contributed by atoms with Crippen molar-refractivity contribution in [3.05, 3.63) is 81.0 Å². The minimum atomic E-state index is -0.775. The van der Waals surface area contributed by atoms with E-state index in [4.69, 9.17) is 21.1 Å². The van der Waals surface area contributed by atoms with Gasteiger partial charge in [0.1, 0.15) is 15.6 Å². The van der Waals surface area contributed by atoms with Gasteiger partial charge in [-0.15, -0.1) is 0 Å². The van der Waals surface area contributed by atoms with Crippen LogP contribution in [0.3, 0.4) is 0 Å². The van der Waals surface area contributed by atoms with Crippen molar-refractivity contribution in [3.8, 4) is 0 Å². The Balaban J connectivity index is 1.50. The fourth-order valence-corrected chi connectivity index (χ4v) is 4.77. The van der Waals surface area contributed by atoms with E-state index >= 15 is 0 Å². The van der Waals surface area contributed by atoms with Crippen LogP contribution < -0.4 is 15.5 Å². The van der Waals surface area contributed by atoms with Crippen LogP contribution in [0.5, 0.6) is 0 Å². The fraction of sp³-hybridized carbons (Fsp3) is 0.185. The van der Waals surface area contributed by atoms with Crippen molar-refractivity contribution in [1.82, 2.24) is 4.98 Å². The Hall–Kier alpha value is -4.55. The number of aromatic nitrogens is 1. The van der Waals surface area contributed by atoms with Crippen molar-refractivity contribution in [3.63, 3.8) is 0 Å². The van der Waals surface area contributed by atoms with E-state index in [1.165, 1.54) is 43.5 Å². The molecule has 11 nitrogen and oxygen atoms in total. The normalized spacial score (nSPS) is 12.9. The zero-order chi connectivity index (χ0) is 29.0. The predicted molar refractivity (Wildman–Crippen MR) is 149 cm³/mol. The van der Waals surface area contributed by atoms with Crippen LogP contribution >= 0.6 is 22.9 Å². The van der Waals surface area contributed by atoms with Gasteiger partial charge in [0.2, 0.25) is 0 Å². The van der Waals surface area contributed by atoms with E-state index in [-0.39, 0.29) is 44.2 Å². The van der Waals surface area contributed by atoms with E-state index in [9.17, 15) is 24.0 Å². The molecule has 0 radical (unpaired) electrons. The van der Waals surface area contributed by atoms with Crippen LogP contribution in [0.25, 0.3) is 0 Å². The van der Waals surface area contributed by atoms with Gasteiger partial charge in [-0.3, -0.25) is 19.7 Å². The van der Waals surface area contributed by atoms with Gasteiger partial charge in [-0.25, -0.2) is 19.5 Å². The highest BCUT2D eigenvalue weighted by molar-refractivity contribution is 7.17. The summed E-state index contributed by atoms with van der Waals surface area (Å²) in [5.74, 6) is -3.17. The van der Waals surface area contributed by atoms with Crippen LogP contribution in [0, 0.1) is 6.92 Å². The lowest BCUT2D eigenvalue weighted by Crippen LogP contribution is -2.32. The number of carbonyl (C=O) groups excluding carboxylic acids is 5. The highest BCUT2D eigenvalue weighted by atomic mass is 35.5. The first-order valence-corrected chi connectivity index (χ1v) is 13.1. The molecule has 0 fully saturated rings. The quantitative estimate of drug-likeness (QED) is 0.275. The van der Waals surface area contributed by atoms with Gasteiger partial charge in [-0.1, -0.05) is 42.0 Å². The van der Waals surface area contributed by atoms with E-state index in [1.54, 1.807) is 19.1 Å². The first kappa shape index (κ1) is 28.5. The lowest BCUT2D eigenvalue weighted by Gasteiger charge is -2.16. The summed E-state index contributed by atoms with van der Waals surface area (Å²) in [4.78, 5) is 68.3. The summed E-state index contributed by atoms with van der Waals surface area (Å²) in [6, 6.07) is 12.1. The Morgan fingerprint density at radius 2 is 1.75 bits per heavy atom. The van der Waals surface area contributed by atoms with Crippen molar-refractivity contribution >= 4 is 69.1 Å². The van der Waals surface area contributed by atoms with Gasteiger partial charge >= 0.3 is 11.9 Å². The van der Waals surface area contributed by atoms with Crippen LogP contribution in [0.4, 0.5) is 16.5 Å². The van der Waals surface area contributed by atoms with E-state index in [0.717, 1.165) is 16.2 Å². The number of hydrogen-bond donors (Lipinski definition) is 2. The lowest BCUT2D eigenvalue weighted by atomic mass is 10.2. The number of methoxy groups -OCH3 is 1. The van der Waals surface area contributed by atoms with Crippen molar-refractivity contribution in [1.29, 1.82) is 0 Å². The zero-order valence-electron chi connectivity index (χ0n) is 21.6. The molecular formula is C27H23ClN4O7S. The van der Waals surface area contributed by atoms with E-state index in [1.807, 2.05) is 6.92 Å². The number of esters is 2. The Morgan fingerprint density at radius 1 is 1.02 bits per heavy atom. The molecule has 206 valence electrons. The van der Waals surface area contributed by atoms with Gasteiger partial charge in [0, 0.05) is 11.3 Å². The molecule has 0 atom stereocenters. The smallest absolute Gasteiger partial charge is 0.350 e. The molecule has 0 spiro atoms. The van der Waals surface area contributed by atoms with Gasteiger partial charge in [0.15, 0.2) is 5.13 Å². The highest BCUT2D eigenvalue weighted by Crippen LogP contribution is 2.31. The average molecular weight is 583 g/mol. The van der Waals surface area contributed by atoms with E-state index < -0.39 is 29.7 Å². The van der Waals surface area contributed by atoms with Crippen LogP contribution in [0.2, 0.25) is 0 Å². The largest absolute Gasteiger partial charge is 0.465 e. The second-order valence-electron chi connectivity index (χ2n) is 8.41. The van der Waals surface area contributed by atoms with E-state index in [2.05, 4.69) is 15.6 Å². The van der Waals surface area contributed by atoms with Crippen molar-refractivity contribution in [2.45, 2.75) is 20.3 Å². The number of hydrogen-bond acceptors (Lipinski definition) is 10.